The predicted molar refractivity (Wildman–Crippen MR) is 66.6 cm³/mol. The van der Waals surface area contributed by atoms with Gasteiger partial charge in [0.1, 0.15) is 0 Å². The van der Waals surface area contributed by atoms with Crippen LogP contribution in [0.3, 0.4) is 0 Å². The van der Waals surface area contributed by atoms with Crippen LogP contribution in [0.5, 0.6) is 0 Å². The minimum atomic E-state index is 0.512. The Morgan fingerprint density at radius 2 is 2.20 bits per heavy atom. The van der Waals surface area contributed by atoms with Crippen LogP contribution in [0.1, 0.15) is 45.2 Å². The highest BCUT2D eigenvalue weighted by molar-refractivity contribution is 7.13. The largest absolute Gasteiger partial charge is 0.361 e. The molecule has 1 aromatic rings. The molecule has 15 heavy (non-hydrogen) atoms. The number of nitrogens with zero attached hydrogens (tertiary/aromatic N) is 1. The average molecular weight is 224 g/mol. The van der Waals surface area contributed by atoms with Crippen molar-refractivity contribution < 1.29 is 0 Å². The molecule has 0 aromatic carbocycles. The Hall–Kier alpha value is -0.570. The molecule has 1 aliphatic carbocycles. The van der Waals surface area contributed by atoms with E-state index in [1.807, 2.05) is 0 Å². The molecule has 3 heteroatoms. The van der Waals surface area contributed by atoms with Crippen LogP contribution >= 0.6 is 11.3 Å². The van der Waals surface area contributed by atoms with Gasteiger partial charge in [-0.2, -0.15) is 0 Å². The van der Waals surface area contributed by atoms with Crippen molar-refractivity contribution in [3.05, 3.63) is 11.1 Å². The van der Waals surface area contributed by atoms with E-state index in [1.165, 1.54) is 31.4 Å². The molecule has 1 aromatic heterocycles. The highest BCUT2D eigenvalue weighted by Gasteiger charge is 2.28. The van der Waals surface area contributed by atoms with Crippen molar-refractivity contribution >= 4 is 16.5 Å². The van der Waals surface area contributed by atoms with E-state index in [0.717, 1.165) is 18.1 Å². The summed E-state index contributed by atoms with van der Waals surface area (Å²) in [4.78, 5) is 4.53. The zero-order chi connectivity index (χ0) is 10.7. The maximum Gasteiger partial charge on any atom is 0.182 e. The summed E-state index contributed by atoms with van der Waals surface area (Å²) in [6, 6.07) is 0. The van der Waals surface area contributed by atoms with Gasteiger partial charge in [0.15, 0.2) is 5.13 Å². The minimum absolute atomic E-state index is 0.512. The lowest BCUT2D eigenvalue weighted by Gasteiger charge is -2.23. The van der Waals surface area contributed by atoms with Gasteiger partial charge in [-0.05, 0) is 24.7 Å². The lowest BCUT2D eigenvalue weighted by atomic mass is 9.89. The van der Waals surface area contributed by atoms with Crippen LogP contribution in [0, 0.1) is 5.41 Å². The van der Waals surface area contributed by atoms with Crippen LogP contribution < -0.4 is 5.32 Å². The first-order valence-electron chi connectivity index (χ1n) is 5.90. The summed E-state index contributed by atoms with van der Waals surface area (Å²) >= 11 is 1.73. The van der Waals surface area contributed by atoms with Gasteiger partial charge in [-0.15, -0.1) is 11.3 Å². The third kappa shape index (κ3) is 2.71. The summed E-state index contributed by atoms with van der Waals surface area (Å²) in [5.74, 6) is 0. The van der Waals surface area contributed by atoms with E-state index in [-0.39, 0.29) is 0 Å². The third-order valence-electron chi connectivity index (χ3n) is 3.39. The molecule has 0 unspecified atom stereocenters. The zero-order valence-corrected chi connectivity index (χ0v) is 10.5. The van der Waals surface area contributed by atoms with E-state index < -0.39 is 0 Å². The third-order valence-corrected chi connectivity index (χ3v) is 4.24. The quantitative estimate of drug-likeness (QED) is 0.843. The Labute approximate surface area is 96.1 Å². The first-order valence-corrected chi connectivity index (χ1v) is 6.78. The molecule has 0 saturated heterocycles. The number of nitrogens with one attached hydrogen (secondary N) is 1. The number of hydrogen-bond donors (Lipinski definition) is 1. The Kier molecular flexibility index (Phi) is 3.29. The van der Waals surface area contributed by atoms with Crippen LogP contribution in [0.15, 0.2) is 5.38 Å². The van der Waals surface area contributed by atoms with Crippen molar-refractivity contribution in [2.24, 2.45) is 5.41 Å². The summed E-state index contributed by atoms with van der Waals surface area (Å²) in [7, 11) is 0. The van der Waals surface area contributed by atoms with Crippen molar-refractivity contribution in [1.82, 2.24) is 4.98 Å². The average Bonchev–Trinajstić information content (AvgIpc) is 2.84. The fraction of sp³-hybridized carbons (Fsp3) is 0.750. The molecule has 0 aliphatic heterocycles. The molecule has 1 heterocycles. The van der Waals surface area contributed by atoms with E-state index in [1.54, 1.807) is 11.3 Å². The number of anilines is 1. The lowest BCUT2D eigenvalue weighted by molar-refractivity contribution is 0.362. The van der Waals surface area contributed by atoms with Gasteiger partial charge >= 0.3 is 0 Å². The molecule has 0 radical (unpaired) electrons. The fourth-order valence-corrected chi connectivity index (χ4v) is 3.04. The molecule has 1 aliphatic rings. The van der Waals surface area contributed by atoms with Gasteiger partial charge in [-0.3, -0.25) is 0 Å². The maximum absolute atomic E-state index is 4.53. The second-order valence-corrected chi connectivity index (χ2v) is 5.73. The molecule has 2 rings (SSSR count). The normalized spacial score (nSPS) is 19.3. The molecule has 1 N–H and O–H groups in total. The fourth-order valence-electron chi connectivity index (χ4n) is 2.24. The lowest BCUT2D eigenvalue weighted by Crippen LogP contribution is -2.22. The Morgan fingerprint density at radius 1 is 1.47 bits per heavy atom. The van der Waals surface area contributed by atoms with Crippen LogP contribution in [0.2, 0.25) is 0 Å². The minimum Gasteiger partial charge on any atom is -0.361 e. The molecule has 0 spiro atoms. The summed E-state index contributed by atoms with van der Waals surface area (Å²) in [5, 5.41) is 6.74. The molecule has 0 amide bonds. The monoisotopic (exact) mass is 224 g/mol. The first-order chi connectivity index (χ1) is 7.22. The molecule has 84 valence electrons. The predicted octanol–water partition coefficient (Wildman–Crippen LogP) is 3.70. The SMILES string of the molecule is CCc1csc(NCC2(C)CCCC2)n1. The second kappa shape index (κ2) is 4.52. The molecular formula is C12H20N2S. The summed E-state index contributed by atoms with van der Waals surface area (Å²) < 4.78 is 0. The van der Waals surface area contributed by atoms with Crippen LogP contribution in [-0.4, -0.2) is 11.5 Å². The van der Waals surface area contributed by atoms with Crippen LogP contribution in [-0.2, 0) is 6.42 Å². The topological polar surface area (TPSA) is 24.9 Å². The van der Waals surface area contributed by atoms with Gasteiger partial charge in [-0.25, -0.2) is 4.98 Å². The van der Waals surface area contributed by atoms with E-state index in [4.69, 9.17) is 0 Å². The number of aryl methyl sites for hydroxylation is 1. The second-order valence-electron chi connectivity index (χ2n) is 4.87. The van der Waals surface area contributed by atoms with Gasteiger partial charge in [0.2, 0.25) is 0 Å². The van der Waals surface area contributed by atoms with Gasteiger partial charge in [0.25, 0.3) is 0 Å². The highest BCUT2D eigenvalue weighted by atomic mass is 32.1. The number of hydrogen-bond acceptors (Lipinski definition) is 3. The molecule has 0 bridgehead atoms. The van der Waals surface area contributed by atoms with E-state index in [2.05, 4.69) is 29.5 Å². The smallest absolute Gasteiger partial charge is 0.182 e. The number of thiazole rings is 1. The van der Waals surface area contributed by atoms with Crippen molar-refractivity contribution in [1.29, 1.82) is 0 Å². The van der Waals surface area contributed by atoms with Gasteiger partial charge in [-0.1, -0.05) is 26.7 Å². The maximum atomic E-state index is 4.53. The number of rotatable bonds is 4. The van der Waals surface area contributed by atoms with Crippen molar-refractivity contribution in [3.63, 3.8) is 0 Å². The highest BCUT2D eigenvalue weighted by Crippen LogP contribution is 2.37. The van der Waals surface area contributed by atoms with Crippen molar-refractivity contribution in [2.75, 3.05) is 11.9 Å². The number of aromatic nitrogens is 1. The van der Waals surface area contributed by atoms with E-state index in [9.17, 15) is 0 Å². The van der Waals surface area contributed by atoms with Gasteiger partial charge in [0, 0.05) is 11.9 Å². The van der Waals surface area contributed by atoms with Crippen LogP contribution in [0.25, 0.3) is 0 Å². The molecule has 1 saturated carbocycles. The molecule has 0 atom stereocenters. The van der Waals surface area contributed by atoms with Gasteiger partial charge in [0.05, 0.1) is 5.69 Å². The zero-order valence-electron chi connectivity index (χ0n) is 9.68. The summed E-state index contributed by atoms with van der Waals surface area (Å²) in [6.07, 6.45) is 6.57. The van der Waals surface area contributed by atoms with Crippen LogP contribution in [0.4, 0.5) is 5.13 Å². The Balaban J connectivity index is 1.87. The molecule has 2 nitrogen and oxygen atoms in total. The molecule has 1 fully saturated rings. The van der Waals surface area contributed by atoms with Gasteiger partial charge < -0.3 is 5.32 Å². The Bertz CT molecular complexity index is 313. The standard InChI is InChI=1S/C12H20N2S/c1-3-10-8-15-11(14-10)13-9-12(2)6-4-5-7-12/h8H,3-7,9H2,1-2H3,(H,13,14). The van der Waals surface area contributed by atoms with E-state index in [0.29, 0.717) is 5.41 Å². The molecular weight excluding hydrogens is 204 g/mol. The van der Waals surface area contributed by atoms with Crippen molar-refractivity contribution in [2.45, 2.75) is 46.0 Å². The first kappa shape index (κ1) is 10.9. The summed E-state index contributed by atoms with van der Waals surface area (Å²) in [5.41, 5.74) is 1.72. The Morgan fingerprint density at radius 3 is 2.80 bits per heavy atom. The summed E-state index contributed by atoms with van der Waals surface area (Å²) in [6.45, 7) is 5.63. The van der Waals surface area contributed by atoms with Crippen molar-refractivity contribution in [3.8, 4) is 0 Å². The van der Waals surface area contributed by atoms with E-state index >= 15 is 0 Å².